The summed E-state index contributed by atoms with van der Waals surface area (Å²) < 4.78 is 5.35. The number of nitrogens with zero attached hydrogens (tertiary/aromatic N) is 2. The van der Waals surface area contributed by atoms with Gasteiger partial charge in [-0.1, -0.05) is 22.8 Å². The van der Waals surface area contributed by atoms with Gasteiger partial charge in [-0.05, 0) is 48.7 Å². The first-order valence-corrected chi connectivity index (χ1v) is 8.95. The van der Waals surface area contributed by atoms with Crippen molar-refractivity contribution in [1.29, 1.82) is 0 Å². The van der Waals surface area contributed by atoms with E-state index in [0.29, 0.717) is 30.2 Å². The van der Waals surface area contributed by atoms with Crippen LogP contribution >= 0.6 is 11.6 Å². The van der Waals surface area contributed by atoms with E-state index >= 15 is 0 Å². The number of benzene rings is 1. The Labute approximate surface area is 157 Å². The van der Waals surface area contributed by atoms with Crippen molar-refractivity contribution in [2.45, 2.75) is 25.7 Å². The molecule has 6 heteroatoms. The number of amides is 1. The van der Waals surface area contributed by atoms with Crippen molar-refractivity contribution < 1.29 is 9.32 Å². The number of aromatic nitrogens is 2. The van der Waals surface area contributed by atoms with Crippen molar-refractivity contribution in [2.24, 2.45) is 0 Å². The van der Waals surface area contributed by atoms with Crippen molar-refractivity contribution in [2.75, 3.05) is 6.54 Å². The third kappa shape index (κ3) is 5.43. The molecule has 2 aromatic heterocycles. The lowest BCUT2D eigenvalue weighted by Crippen LogP contribution is -2.25. The van der Waals surface area contributed by atoms with Gasteiger partial charge in [-0.25, -0.2) is 0 Å². The molecule has 26 heavy (non-hydrogen) atoms. The minimum absolute atomic E-state index is 0.0512. The minimum atomic E-state index is 0.0512. The molecule has 134 valence electrons. The number of carbonyl (C=O) groups excluding carboxylic acids is 1. The summed E-state index contributed by atoms with van der Waals surface area (Å²) in [7, 11) is 0. The number of nitrogens with one attached hydrogen (secondary N) is 1. The van der Waals surface area contributed by atoms with E-state index in [2.05, 4.69) is 15.5 Å². The van der Waals surface area contributed by atoms with Crippen molar-refractivity contribution in [3.63, 3.8) is 0 Å². The Kier molecular flexibility index (Phi) is 6.39. The topological polar surface area (TPSA) is 68.0 Å². The molecule has 0 aliphatic rings. The van der Waals surface area contributed by atoms with E-state index in [-0.39, 0.29) is 5.91 Å². The molecule has 0 fully saturated rings. The fraction of sp³-hybridized carbons (Fsp3) is 0.250. The molecule has 1 amide bonds. The second-order valence-electron chi connectivity index (χ2n) is 6.00. The Morgan fingerprint density at radius 1 is 1.15 bits per heavy atom. The van der Waals surface area contributed by atoms with Gasteiger partial charge in [0.25, 0.3) is 0 Å². The second kappa shape index (κ2) is 9.15. The molecule has 0 aliphatic carbocycles. The molecule has 2 heterocycles. The van der Waals surface area contributed by atoms with Crippen LogP contribution in [0.2, 0.25) is 5.02 Å². The van der Waals surface area contributed by atoms with E-state index < -0.39 is 0 Å². The van der Waals surface area contributed by atoms with Crippen molar-refractivity contribution in [3.05, 3.63) is 71.1 Å². The van der Waals surface area contributed by atoms with Crippen LogP contribution in [-0.4, -0.2) is 22.6 Å². The maximum atomic E-state index is 11.9. The summed E-state index contributed by atoms with van der Waals surface area (Å²) in [6.45, 7) is 0.540. The molecule has 0 unspecified atom stereocenters. The summed E-state index contributed by atoms with van der Waals surface area (Å²) in [5, 5.41) is 7.65. The fourth-order valence-corrected chi connectivity index (χ4v) is 2.72. The molecule has 0 aliphatic heterocycles. The number of aryl methyl sites for hydroxylation is 1. The van der Waals surface area contributed by atoms with Crippen LogP contribution in [0.3, 0.4) is 0 Å². The molecule has 0 bridgehead atoms. The van der Waals surface area contributed by atoms with Crippen LogP contribution in [0, 0.1) is 0 Å². The normalized spacial score (nSPS) is 10.7. The predicted octanol–water partition coefficient (Wildman–Crippen LogP) is 4.07. The van der Waals surface area contributed by atoms with E-state index in [9.17, 15) is 4.79 Å². The molecule has 0 radical (unpaired) electrons. The van der Waals surface area contributed by atoms with Crippen molar-refractivity contribution in [1.82, 2.24) is 15.5 Å². The van der Waals surface area contributed by atoms with Gasteiger partial charge in [-0.2, -0.15) is 0 Å². The molecule has 0 saturated heterocycles. The lowest BCUT2D eigenvalue weighted by molar-refractivity contribution is -0.121. The summed E-state index contributed by atoms with van der Waals surface area (Å²) in [5.41, 5.74) is 2.89. The lowest BCUT2D eigenvalue weighted by Gasteiger charge is -2.04. The van der Waals surface area contributed by atoms with E-state index in [1.165, 1.54) is 0 Å². The average Bonchev–Trinajstić information content (AvgIpc) is 3.12. The molecular formula is C20H20ClN3O2. The Hall–Kier alpha value is -2.66. The quantitative estimate of drug-likeness (QED) is 0.649. The van der Waals surface area contributed by atoms with E-state index in [0.717, 1.165) is 29.7 Å². The van der Waals surface area contributed by atoms with Gasteiger partial charge < -0.3 is 9.84 Å². The molecule has 3 aromatic rings. The van der Waals surface area contributed by atoms with Gasteiger partial charge in [0, 0.05) is 48.4 Å². The second-order valence-corrected chi connectivity index (χ2v) is 6.44. The summed E-state index contributed by atoms with van der Waals surface area (Å²) in [4.78, 5) is 16.0. The van der Waals surface area contributed by atoms with Crippen LogP contribution in [0.5, 0.6) is 0 Å². The highest BCUT2D eigenvalue weighted by Gasteiger charge is 2.08. The van der Waals surface area contributed by atoms with Gasteiger partial charge in [0.15, 0.2) is 5.76 Å². The van der Waals surface area contributed by atoms with Gasteiger partial charge >= 0.3 is 0 Å². The monoisotopic (exact) mass is 369 g/mol. The molecular weight excluding hydrogens is 350 g/mol. The maximum absolute atomic E-state index is 11.9. The third-order valence-corrected chi connectivity index (χ3v) is 4.24. The number of hydrogen-bond donors (Lipinski definition) is 1. The molecule has 1 N–H and O–H groups in total. The Bertz CT molecular complexity index is 832. The zero-order chi connectivity index (χ0) is 18.2. The largest absolute Gasteiger partial charge is 0.356 e. The van der Waals surface area contributed by atoms with Gasteiger partial charge in [-0.15, -0.1) is 0 Å². The third-order valence-electron chi connectivity index (χ3n) is 3.98. The first-order valence-electron chi connectivity index (χ1n) is 8.58. The van der Waals surface area contributed by atoms with Crippen LogP contribution in [0.4, 0.5) is 0 Å². The summed E-state index contributed by atoms with van der Waals surface area (Å²) in [5.74, 6) is 0.745. The molecule has 5 nitrogen and oxygen atoms in total. The highest BCUT2D eigenvalue weighted by atomic mass is 35.5. The molecule has 0 atom stereocenters. The van der Waals surface area contributed by atoms with Crippen molar-refractivity contribution in [3.8, 4) is 11.3 Å². The first-order chi connectivity index (χ1) is 12.7. The highest BCUT2D eigenvalue weighted by molar-refractivity contribution is 6.30. The Morgan fingerprint density at radius 3 is 2.77 bits per heavy atom. The summed E-state index contributed by atoms with van der Waals surface area (Å²) in [6, 6.07) is 13.2. The SMILES string of the molecule is O=C(CCCc1cccnc1)NCCc1cc(-c2ccc(Cl)cc2)on1. The highest BCUT2D eigenvalue weighted by Crippen LogP contribution is 2.22. The number of pyridine rings is 1. The predicted molar refractivity (Wildman–Crippen MR) is 101 cm³/mol. The zero-order valence-electron chi connectivity index (χ0n) is 14.3. The summed E-state index contributed by atoms with van der Waals surface area (Å²) in [6.07, 6.45) is 6.38. The fourth-order valence-electron chi connectivity index (χ4n) is 2.60. The number of halogens is 1. The lowest BCUT2D eigenvalue weighted by atomic mass is 10.1. The van der Waals surface area contributed by atoms with Crippen LogP contribution in [0.15, 0.2) is 59.4 Å². The maximum Gasteiger partial charge on any atom is 0.220 e. The van der Waals surface area contributed by atoms with Crippen molar-refractivity contribution >= 4 is 17.5 Å². The van der Waals surface area contributed by atoms with Gasteiger partial charge in [0.2, 0.25) is 5.91 Å². The van der Waals surface area contributed by atoms with Crippen LogP contribution < -0.4 is 5.32 Å². The zero-order valence-corrected chi connectivity index (χ0v) is 15.1. The molecule has 1 aromatic carbocycles. The number of carbonyl (C=O) groups is 1. The van der Waals surface area contributed by atoms with Gasteiger partial charge in [0.05, 0.1) is 5.69 Å². The van der Waals surface area contributed by atoms with Crippen LogP contribution in [0.1, 0.15) is 24.1 Å². The number of rotatable bonds is 8. The molecule has 0 spiro atoms. The Morgan fingerprint density at radius 2 is 2.00 bits per heavy atom. The minimum Gasteiger partial charge on any atom is -0.356 e. The standard InChI is InChI=1S/C20H20ClN3O2/c21-17-8-6-16(7-9-17)19-13-18(24-26-19)10-12-23-20(25)5-1-3-15-4-2-11-22-14-15/h2,4,6-9,11,13-14H,1,3,5,10,12H2,(H,23,25). The summed E-state index contributed by atoms with van der Waals surface area (Å²) >= 11 is 5.88. The van der Waals surface area contributed by atoms with Gasteiger partial charge in [0.1, 0.15) is 0 Å². The molecule has 0 saturated carbocycles. The smallest absolute Gasteiger partial charge is 0.220 e. The number of hydrogen-bond acceptors (Lipinski definition) is 4. The van der Waals surface area contributed by atoms with E-state index in [4.69, 9.17) is 16.1 Å². The molecule has 3 rings (SSSR count). The first kappa shape index (κ1) is 18.1. The van der Waals surface area contributed by atoms with Gasteiger partial charge in [-0.3, -0.25) is 9.78 Å². The van der Waals surface area contributed by atoms with E-state index in [1.54, 1.807) is 6.20 Å². The van der Waals surface area contributed by atoms with Crippen LogP contribution in [0.25, 0.3) is 11.3 Å². The van der Waals surface area contributed by atoms with Crippen LogP contribution in [-0.2, 0) is 17.6 Å². The average molecular weight is 370 g/mol. The van der Waals surface area contributed by atoms with E-state index in [1.807, 2.05) is 48.7 Å². The Balaban J connectivity index is 1.38.